The zero-order valence-corrected chi connectivity index (χ0v) is 21.1. The van der Waals surface area contributed by atoms with E-state index in [1.165, 1.54) is 17.0 Å². The molecule has 0 radical (unpaired) electrons. The Labute approximate surface area is 222 Å². The fraction of sp³-hybridized carbons (Fsp3) is 0.0741. The molecule has 0 fully saturated rings. The van der Waals surface area contributed by atoms with E-state index >= 15 is 0 Å². The Morgan fingerprint density at radius 1 is 0.947 bits per heavy atom. The molecule has 4 rings (SSSR count). The van der Waals surface area contributed by atoms with Crippen molar-refractivity contribution in [3.63, 3.8) is 0 Å². The van der Waals surface area contributed by atoms with Crippen LogP contribution >= 0.6 is 11.6 Å². The highest BCUT2D eigenvalue weighted by Gasteiger charge is 2.21. The number of nitrogens with zero attached hydrogens (tertiary/aromatic N) is 3. The van der Waals surface area contributed by atoms with Crippen molar-refractivity contribution in [2.24, 2.45) is 12.1 Å². The minimum Gasteiger partial charge on any atom is -0.423 e. The van der Waals surface area contributed by atoms with Gasteiger partial charge in [0, 0.05) is 7.05 Å². The van der Waals surface area contributed by atoms with Gasteiger partial charge in [0.15, 0.2) is 0 Å². The van der Waals surface area contributed by atoms with E-state index in [1.54, 1.807) is 85.4 Å². The van der Waals surface area contributed by atoms with Crippen LogP contribution < -0.4 is 21.0 Å². The molecule has 192 valence electrons. The number of hydrazone groups is 1. The third-order valence-electron chi connectivity index (χ3n) is 5.54. The van der Waals surface area contributed by atoms with Gasteiger partial charge in [0.25, 0.3) is 5.56 Å². The van der Waals surface area contributed by atoms with Crippen LogP contribution in [0.1, 0.15) is 21.6 Å². The first-order chi connectivity index (χ1) is 18.3. The van der Waals surface area contributed by atoms with Gasteiger partial charge in [0.05, 0.1) is 28.2 Å². The van der Waals surface area contributed by atoms with Gasteiger partial charge in [-0.1, -0.05) is 54.1 Å². The Morgan fingerprint density at radius 3 is 2.39 bits per heavy atom. The molecule has 0 saturated heterocycles. The second-order valence-corrected chi connectivity index (χ2v) is 8.44. The number of hydrogen-bond donors (Lipinski definition) is 2. The summed E-state index contributed by atoms with van der Waals surface area (Å²) in [6.07, 6.45) is 1.27. The van der Waals surface area contributed by atoms with E-state index in [9.17, 15) is 19.2 Å². The van der Waals surface area contributed by atoms with Crippen molar-refractivity contribution in [2.75, 3.05) is 5.32 Å². The molecular weight excluding hydrogens is 510 g/mol. The Hall–Kier alpha value is -4.96. The maximum Gasteiger partial charge on any atom is 0.345 e. The zero-order chi connectivity index (χ0) is 27.2. The minimum absolute atomic E-state index is 0.0199. The number of anilines is 1. The normalized spacial score (nSPS) is 10.8. The molecule has 0 aliphatic carbocycles. The number of aromatic nitrogens is 2. The van der Waals surface area contributed by atoms with Crippen LogP contribution in [0, 0.1) is 6.92 Å². The van der Waals surface area contributed by atoms with Crippen LogP contribution in [-0.2, 0) is 16.6 Å². The molecule has 3 aromatic carbocycles. The molecule has 2 N–H and O–H groups in total. The number of para-hydroxylation sites is 1. The largest absolute Gasteiger partial charge is 0.423 e. The molecule has 0 aliphatic heterocycles. The van der Waals surface area contributed by atoms with E-state index in [1.807, 2.05) is 6.07 Å². The highest BCUT2D eigenvalue weighted by atomic mass is 35.5. The molecular formula is C27H22ClN5O5. The fourth-order valence-electron chi connectivity index (χ4n) is 3.55. The van der Waals surface area contributed by atoms with Crippen LogP contribution in [0.4, 0.5) is 5.69 Å². The molecule has 0 aliphatic rings. The average Bonchev–Trinajstić information content (AvgIpc) is 3.12. The van der Waals surface area contributed by atoms with E-state index in [-0.39, 0.29) is 22.0 Å². The van der Waals surface area contributed by atoms with Gasteiger partial charge < -0.3 is 10.1 Å². The van der Waals surface area contributed by atoms with Gasteiger partial charge in [-0.05, 0) is 48.9 Å². The van der Waals surface area contributed by atoms with Crippen LogP contribution in [0.3, 0.4) is 0 Å². The van der Waals surface area contributed by atoms with E-state index in [0.29, 0.717) is 16.9 Å². The fourth-order valence-corrected chi connectivity index (χ4v) is 3.76. The molecule has 1 heterocycles. The van der Waals surface area contributed by atoms with Crippen molar-refractivity contribution in [1.82, 2.24) is 14.8 Å². The number of carbonyl (C=O) groups excluding carboxylic acids is 3. The van der Waals surface area contributed by atoms with Gasteiger partial charge in [-0.25, -0.2) is 14.9 Å². The minimum atomic E-state index is -1.07. The van der Waals surface area contributed by atoms with Crippen molar-refractivity contribution in [3.05, 3.63) is 111 Å². The lowest BCUT2D eigenvalue weighted by Crippen LogP contribution is -2.34. The highest BCUT2D eigenvalue weighted by molar-refractivity contribution is 6.39. The Balaban J connectivity index is 1.39. The number of hydrogen-bond acceptors (Lipinski definition) is 6. The van der Waals surface area contributed by atoms with Crippen molar-refractivity contribution < 1.29 is 19.1 Å². The first-order valence-electron chi connectivity index (χ1n) is 11.3. The summed E-state index contributed by atoms with van der Waals surface area (Å²) in [6, 6.07) is 21.8. The standard InChI is InChI=1S/C27H22ClN5O5/c1-17-23(26(36)33(32(17)2)19-10-4-3-5-11-19)30-24(34)25(35)31-29-16-18-9-8-12-20(15-18)38-27(37)21-13-6-7-14-22(21)28/h3-16H,1-2H3,(H,30,34)(H,31,35)/b29-16+. The molecule has 0 bridgehead atoms. The predicted octanol–water partition coefficient (Wildman–Crippen LogP) is 3.45. The van der Waals surface area contributed by atoms with Crippen LogP contribution in [-0.4, -0.2) is 33.4 Å². The van der Waals surface area contributed by atoms with E-state index < -0.39 is 23.3 Å². The summed E-state index contributed by atoms with van der Waals surface area (Å²) >= 11 is 6.03. The summed E-state index contributed by atoms with van der Waals surface area (Å²) in [7, 11) is 1.67. The van der Waals surface area contributed by atoms with E-state index in [2.05, 4.69) is 15.8 Å². The topological polar surface area (TPSA) is 124 Å². The second-order valence-electron chi connectivity index (χ2n) is 8.03. The van der Waals surface area contributed by atoms with Gasteiger partial charge in [0.1, 0.15) is 11.4 Å². The number of ether oxygens (including phenoxy) is 1. The van der Waals surface area contributed by atoms with Crippen LogP contribution in [0.5, 0.6) is 5.75 Å². The summed E-state index contributed by atoms with van der Waals surface area (Å²) in [5.74, 6) is -2.53. The molecule has 4 aromatic rings. The number of esters is 1. The van der Waals surface area contributed by atoms with Crippen molar-refractivity contribution in [2.45, 2.75) is 6.92 Å². The first-order valence-corrected chi connectivity index (χ1v) is 11.7. The van der Waals surface area contributed by atoms with Crippen LogP contribution in [0.15, 0.2) is 88.8 Å². The molecule has 38 heavy (non-hydrogen) atoms. The molecule has 0 atom stereocenters. The van der Waals surface area contributed by atoms with Crippen molar-refractivity contribution in [1.29, 1.82) is 0 Å². The SMILES string of the molecule is Cc1c(NC(=O)C(=O)N/N=C/c2cccc(OC(=O)c3ccccc3Cl)c2)c(=O)n(-c2ccccc2)n1C. The number of nitrogens with one attached hydrogen (secondary N) is 2. The third kappa shape index (κ3) is 5.71. The quantitative estimate of drug-likeness (QED) is 0.130. The smallest absolute Gasteiger partial charge is 0.345 e. The summed E-state index contributed by atoms with van der Waals surface area (Å²) in [6.45, 7) is 1.65. The van der Waals surface area contributed by atoms with E-state index in [0.717, 1.165) is 0 Å². The van der Waals surface area contributed by atoms with Gasteiger partial charge >= 0.3 is 17.8 Å². The maximum atomic E-state index is 12.9. The molecule has 0 unspecified atom stereocenters. The summed E-state index contributed by atoms with van der Waals surface area (Å²) in [5, 5.41) is 6.40. The van der Waals surface area contributed by atoms with Gasteiger partial charge in [-0.15, -0.1) is 0 Å². The highest BCUT2D eigenvalue weighted by Crippen LogP contribution is 2.19. The Bertz CT molecular complexity index is 1610. The zero-order valence-electron chi connectivity index (χ0n) is 20.3. The number of benzene rings is 3. The van der Waals surface area contributed by atoms with Gasteiger partial charge in [-0.2, -0.15) is 5.10 Å². The Kier molecular flexibility index (Phi) is 7.83. The molecule has 0 spiro atoms. The van der Waals surface area contributed by atoms with E-state index in [4.69, 9.17) is 16.3 Å². The molecule has 0 saturated carbocycles. The lowest BCUT2D eigenvalue weighted by molar-refractivity contribution is -0.136. The lowest BCUT2D eigenvalue weighted by atomic mass is 10.2. The van der Waals surface area contributed by atoms with Gasteiger partial charge in [-0.3, -0.25) is 19.1 Å². The third-order valence-corrected chi connectivity index (χ3v) is 5.87. The summed E-state index contributed by atoms with van der Waals surface area (Å²) in [4.78, 5) is 50.0. The van der Waals surface area contributed by atoms with Crippen molar-refractivity contribution >= 4 is 41.3 Å². The van der Waals surface area contributed by atoms with Crippen LogP contribution in [0.2, 0.25) is 5.02 Å². The van der Waals surface area contributed by atoms with Crippen LogP contribution in [0.25, 0.3) is 5.69 Å². The molecule has 11 heteroatoms. The first kappa shape index (κ1) is 26.1. The monoisotopic (exact) mass is 531 g/mol. The number of rotatable bonds is 6. The number of carbonyl (C=O) groups is 3. The molecule has 10 nitrogen and oxygen atoms in total. The number of amides is 2. The van der Waals surface area contributed by atoms with Crippen molar-refractivity contribution in [3.8, 4) is 11.4 Å². The predicted molar refractivity (Wildman–Crippen MR) is 143 cm³/mol. The summed E-state index contributed by atoms with van der Waals surface area (Å²) in [5.41, 5.74) is 3.39. The number of halogens is 1. The Morgan fingerprint density at radius 2 is 1.66 bits per heavy atom. The maximum absolute atomic E-state index is 12.9. The molecule has 2 amide bonds. The average molecular weight is 532 g/mol. The van der Waals surface area contributed by atoms with Gasteiger partial charge in [0.2, 0.25) is 0 Å². The summed E-state index contributed by atoms with van der Waals surface area (Å²) < 4.78 is 8.31. The second kappa shape index (κ2) is 11.4. The molecule has 1 aromatic heterocycles. The lowest BCUT2D eigenvalue weighted by Gasteiger charge is -2.07.